The Morgan fingerprint density at radius 1 is 1.25 bits per heavy atom. The summed E-state index contributed by atoms with van der Waals surface area (Å²) in [7, 11) is 0. The van der Waals surface area contributed by atoms with Crippen LogP contribution in [0.25, 0.3) is 0 Å². The Balaban J connectivity index is 2.20. The Kier molecular flexibility index (Phi) is 4.42. The molecule has 5 heteroatoms. The van der Waals surface area contributed by atoms with Crippen molar-refractivity contribution in [2.75, 3.05) is 6.54 Å². The van der Waals surface area contributed by atoms with Crippen LogP contribution in [0, 0.1) is 13.8 Å². The third kappa shape index (κ3) is 3.19. The van der Waals surface area contributed by atoms with Gasteiger partial charge in [-0.15, -0.1) is 0 Å². The highest BCUT2D eigenvalue weighted by Gasteiger charge is 2.16. The summed E-state index contributed by atoms with van der Waals surface area (Å²) in [6.07, 6.45) is 0. The van der Waals surface area contributed by atoms with Gasteiger partial charge in [0.25, 0.3) is 5.91 Å². The number of hydrogen-bond acceptors (Lipinski definition) is 4. The van der Waals surface area contributed by atoms with Crippen LogP contribution in [0.1, 0.15) is 33.4 Å². The van der Waals surface area contributed by atoms with Crippen molar-refractivity contribution in [1.82, 2.24) is 15.5 Å². The molecular weight excluding hydrogens is 252 g/mol. The first-order chi connectivity index (χ1) is 9.61. The van der Waals surface area contributed by atoms with Gasteiger partial charge in [-0.1, -0.05) is 30.3 Å². The molecule has 1 amide bonds. The van der Waals surface area contributed by atoms with Gasteiger partial charge in [-0.2, -0.15) is 10.2 Å². The first kappa shape index (κ1) is 14.1. The van der Waals surface area contributed by atoms with Crippen molar-refractivity contribution in [3.63, 3.8) is 0 Å². The molecule has 0 radical (unpaired) electrons. The number of carbonyl (C=O) groups excluding carboxylic acids is 1. The minimum absolute atomic E-state index is 0.181. The van der Waals surface area contributed by atoms with Gasteiger partial charge in [-0.05, 0) is 25.5 Å². The van der Waals surface area contributed by atoms with E-state index in [-0.39, 0.29) is 11.9 Å². The molecule has 1 atom stereocenters. The van der Waals surface area contributed by atoms with Gasteiger partial charge in [-0.25, -0.2) is 0 Å². The Hall–Kier alpha value is -2.27. The second-order valence-corrected chi connectivity index (χ2v) is 4.66. The van der Waals surface area contributed by atoms with Crippen molar-refractivity contribution in [3.05, 3.63) is 58.9 Å². The van der Waals surface area contributed by atoms with Crippen molar-refractivity contribution >= 4 is 5.91 Å². The molecule has 2 aromatic rings. The number of nitrogens with one attached hydrogen (secondary N) is 1. The quantitative estimate of drug-likeness (QED) is 0.882. The van der Waals surface area contributed by atoms with Crippen LogP contribution in [0.5, 0.6) is 0 Å². The van der Waals surface area contributed by atoms with Crippen LogP contribution in [-0.4, -0.2) is 22.6 Å². The highest BCUT2D eigenvalue weighted by atomic mass is 16.1. The number of hydrogen-bond donors (Lipinski definition) is 2. The minimum atomic E-state index is -0.212. The van der Waals surface area contributed by atoms with E-state index in [2.05, 4.69) is 15.5 Å². The van der Waals surface area contributed by atoms with Gasteiger partial charge in [0.2, 0.25) is 0 Å². The van der Waals surface area contributed by atoms with E-state index in [1.54, 1.807) is 19.9 Å². The number of amides is 1. The number of aromatic nitrogens is 2. The molecule has 0 saturated carbocycles. The Bertz CT molecular complexity index is 598. The summed E-state index contributed by atoms with van der Waals surface area (Å²) >= 11 is 0. The van der Waals surface area contributed by atoms with Gasteiger partial charge in [-0.3, -0.25) is 4.79 Å². The van der Waals surface area contributed by atoms with E-state index in [0.29, 0.717) is 23.5 Å². The Morgan fingerprint density at radius 2 is 1.95 bits per heavy atom. The third-order valence-electron chi connectivity index (χ3n) is 3.09. The van der Waals surface area contributed by atoms with Gasteiger partial charge in [0.05, 0.1) is 23.0 Å². The minimum Gasteiger partial charge on any atom is -0.344 e. The molecule has 0 fully saturated rings. The van der Waals surface area contributed by atoms with Crippen molar-refractivity contribution in [1.29, 1.82) is 0 Å². The summed E-state index contributed by atoms with van der Waals surface area (Å²) in [5, 5.41) is 10.8. The number of aryl methyl sites for hydroxylation is 2. The van der Waals surface area contributed by atoms with E-state index in [9.17, 15) is 4.79 Å². The fourth-order valence-electron chi connectivity index (χ4n) is 1.98. The fourth-order valence-corrected chi connectivity index (χ4v) is 1.98. The van der Waals surface area contributed by atoms with Gasteiger partial charge in [0.1, 0.15) is 0 Å². The number of rotatable bonds is 4. The molecule has 0 aliphatic rings. The summed E-state index contributed by atoms with van der Waals surface area (Å²) in [5.41, 5.74) is 8.60. The zero-order chi connectivity index (χ0) is 14.5. The highest BCUT2D eigenvalue weighted by molar-refractivity contribution is 5.95. The Morgan fingerprint density at radius 3 is 2.60 bits per heavy atom. The van der Waals surface area contributed by atoms with Crippen molar-refractivity contribution < 1.29 is 4.79 Å². The van der Waals surface area contributed by atoms with E-state index in [0.717, 1.165) is 5.56 Å². The largest absolute Gasteiger partial charge is 0.344 e. The molecule has 104 valence electrons. The molecule has 5 nitrogen and oxygen atoms in total. The molecule has 1 heterocycles. The molecule has 1 aromatic carbocycles. The molecule has 0 aliphatic heterocycles. The van der Waals surface area contributed by atoms with Crippen LogP contribution in [0.15, 0.2) is 36.4 Å². The standard InChI is InChI=1S/C15H18N4O/c1-10-8-13(11(2)19-18-10)15(20)17-14(9-16)12-6-4-3-5-7-12/h3-8,14H,9,16H2,1-2H3,(H,17,20). The number of nitrogens with two attached hydrogens (primary N) is 1. The molecular formula is C15H18N4O. The van der Waals surface area contributed by atoms with Crippen LogP contribution in [0.2, 0.25) is 0 Å². The van der Waals surface area contributed by atoms with Crippen LogP contribution in [-0.2, 0) is 0 Å². The maximum Gasteiger partial charge on any atom is 0.253 e. The highest BCUT2D eigenvalue weighted by Crippen LogP contribution is 2.13. The average molecular weight is 270 g/mol. The predicted molar refractivity (Wildman–Crippen MR) is 77.2 cm³/mol. The lowest BCUT2D eigenvalue weighted by atomic mass is 10.1. The van der Waals surface area contributed by atoms with E-state index < -0.39 is 0 Å². The van der Waals surface area contributed by atoms with Crippen LogP contribution in [0.3, 0.4) is 0 Å². The monoisotopic (exact) mass is 270 g/mol. The van der Waals surface area contributed by atoms with E-state index in [1.807, 2.05) is 30.3 Å². The molecule has 0 aliphatic carbocycles. The van der Waals surface area contributed by atoms with E-state index in [1.165, 1.54) is 0 Å². The topological polar surface area (TPSA) is 80.9 Å². The average Bonchev–Trinajstić information content (AvgIpc) is 2.48. The second-order valence-electron chi connectivity index (χ2n) is 4.66. The van der Waals surface area contributed by atoms with E-state index >= 15 is 0 Å². The molecule has 1 aromatic heterocycles. The summed E-state index contributed by atoms with van der Waals surface area (Å²) in [5.74, 6) is -0.181. The normalized spacial score (nSPS) is 11.9. The zero-order valence-electron chi connectivity index (χ0n) is 11.6. The lowest BCUT2D eigenvalue weighted by Crippen LogP contribution is -2.34. The van der Waals surface area contributed by atoms with Crippen LogP contribution < -0.4 is 11.1 Å². The first-order valence-corrected chi connectivity index (χ1v) is 6.48. The van der Waals surface area contributed by atoms with Crippen molar-refractivity contribution in [3.8, 4) is 0 Å². The van der Waals surface area contributed by atoms with Crippen molar-refractivity contribution in [2.45, 2.75) is 19.9 Å². The summed E-state index contributed by atoms with van der Waals surface area (Å²) in [4.78, 5) is 12.3. The Labute approximate surface area is 118 Å². The predicted octanol–water partition coefficient (Wildman–Crippen LogP) is 1.52. The maximum absolute atomic E-state index is 12.3. The molecule has 20 heavy (non-hydrogen) atoms. The van der Waals surface area contributed by atoms with Gasteiger partial charge >= 0.3 is 0 Å². The molecule has 0 bridgehead atoms. The lowest BCUT2D eigenvalue weighted by molar-refractivity contribution is 0.0936. The smallest absolute Gasteiger partial charge is 0.253 e. The number of nitrogens with zero attached hydrogens (tertiary/aromatic N) is 2. The van der Waals surface area contributed by atoms with E-state index in [4.69, 9.17) is 5.73 Å². The SMILES string of the molecule is Cc1cc(C(=O)NC(CN)c2ccccc2)c(C)nn1. The zero-order valence-corrected chi connectivity index (χ0v) is 11.6. The van der Waals surface area contributed by atoms with Crippen LogP contribution in [0.4, 0.5) is 0 Å². The fraction of sp³-hybridized carbons (Fsp3) is 0.267. The summed E-state index contributed by atoms with van der Waals surface area (Å²) in [6.45, 7) is 3.91. The number of carbonyl (C=O) groups is 1. The molecule has 0 spiro atoms. The molecule has 1 unspecified atom stereocenters. The molecule has 2 rings (SSSR count). The molecule has 0 saturated heterocycles. The summed E-state index contributed by atoms with van der Waals surface area (Å²) < 4.78 is 0. The first-order valence-electron chi connectivity index (χ1n) is 6.48. The molecule has 3 N–H and O–H groups in total. The van der Waals surface area contributed by atoms with Crippen LogP contribution >= 0.6 is 0 Å². The van der Waals surface area contributed by atoms with Gasteiger partial charge in [0.15, 0.2) is 0 Å². The maximum atomic E-state index is 12.3. The number of benzene rings is 1. The second kappa shape index (κ2) is 6.25. The third-order valence-corrected chi connectivity index (χ3v) is 3.09. The van der Waals surface area contributed by atoms with Gasteiger partial charge < -0.3 is 11.1 Å². The lowest BCUT2D eigenvalue weighted by Gasteiger charge is -2.17. The van der Waals surface area contributed by atoms with Gasteiger partial charge in [0, 0.05) is 6.54 Å². The van der Waals surface area contributed by atoms with Crippen molar-refractivity contribution in [2.24, 2.45) is 5.73 Å². The summed E-state index contributed by atoms with van der Waals surface area (Å²) in [6, 6.07) is 11.2.